The van der Waals surface area contributed by atoms with E-state index in [9.17, 15) is 35.2 Å². The van der Waals surface area contributed by atoms with Crippen LogP contribution in [0.1, 0.15) is 40.7 Å². The van der Waals surface area contributed by atoms with Crippen molar-refractivity contribution in [2.75, 3.05) is 18.1 Å². The zero-order valence-corrected chi connectivity index (χ0v) is 24.1. The number of alkyl halides is 5. The number of halogens is 5. The van der Waals surface area contributed by atoms with Crippen molar-refractivity contribution in [1.82, 2.24) is 10.0 Å². The van der Waals surface area contributed by atoms with Crippen molar-refractivity contribution in [3.8, 4) is 5.75 Å². The van der Waals surface area contributed by atoms with Crippen LogP contribution < -0.4 is 19.7 Å². The maximum atomic E-state index is 12.9. The van der Waals surface area contributed by atoms with Gasteiger partial charge in [-0.25, -0.2) is 13.1 Å². The smallest absolute Gasteiger partial charge is 0.416 e. The summed E-state index contributed by atoms with van der Waals surface area (Å²) in [5.41, 5.74) is 0.868. The van der Waals surface area contributed by atoms with Crippen LogP contribution in [0, 0.1) is 0 Å². The molecule has 236 valence electrons. The van der Waals surface area contributed by atoms with Gasteiger partial charge in [-0.05, 0) is 79.1 Å². The second-order valence-electron chi connectivity index (χ2n) is 10.7. The van der Waals surface area contributed by atoms with Crippen LogP contribution >= 0.6 is 0 Å². The number of anilines is 1. The lowest BCUT2D eigenvalue weighted by Gasteiger charge is -2.26. The number of hydrogen-bond donors (Lipinski definition) is 2. The predicted octanol–water partition coefficient (Wildman–Crippen LogP) is 5.34. The van der Waals surface area contributed by atoms with Gasteiger partial charge in [0.05, 0.1) is 29.7 Å². The Bertz CT molecular complexity index is 1530. The summed E-state index contributed by atoms with van der Waals surface area (Å²) in [7, 11) is -3.57. The van der Waals surface area contributed by atoms with Crippen LogP contribution in [0.2, 0.25) is 0 Å². The molecule has 0 spiro atoms. The van der Waals surface area contributed by atoms with Crippen molar-refractivity contribution >= 4 is 21.6 Å². The van der Waals surface area contributed by atoms with Crippen molar-refractivity contribution < 1.29 is 44.6 Å². The van der Waals surface area contributed by atoms with Crippen molar-refractivity contribution in [3.05, 3.63) is 89.5 Å². The molecule has 2 aliphatic rings. The van der Waals surface area contributed by atoms with Crippen LogP contribution in [-0.4, -0.2) is 52.3 Å². The number of carbonyl (C=O) groups is 1. The maximum Gasteiger partial charge on any atom is 0.416 e. The SMILES string of the molecule is O=C(NCc1ccc(S(=O)(=O)NC2CC2)cc1)c1ccc(N2C[C@@H](Oc3ccc(C(F)(F)F)cc3)C[C@H]2COC(F)F)cc1. The number of sulfonamides is 1. The molecule has 0 aromatic heterocycles. The second-order valence-corrected chi connectivity index (χ2v) is 12.4. The normalized spacial score (nSPS) is 18.9. The van der Waals surface area contributed by atoms with Crippen LogP contribution in [0.3, 0.4) is 0 Å². The third-order valence-electron chi connectivity index (χ3n) is 7.32. The molecule has 3 aromatic rings. The van der Waals surface area contributed by atoms with Crippen LogP contribution in [-0.2, 0) is 27.5 Å². The van der Waals surface area contributed by atoms with Gasteiger partial charge in [0.2, 0.25) is 10.0 Å². The number of hydrogen-bond acceptors (Lipinski definition) is 6. The Hall–Kier alpha value is -3.75. The number of amides is 1. The van der Waals surface area contributed by atoms with Crippen molar-refractivity contribution in [1.29, 1.82) is 0 Å². The highest BCUT2D eigenvalue weighted by Gasteiger charge is 2.35. The monoisotopic (exact) mass is 639 g/mol. The van der Waals surface area contributed by atoms with Gasteiger partial charge < -0.3 is 19.7 Å². The van der Waals surface area contributed by atoms with E-state index in [4.69, 9.17) is 4.74 Å². The first-order valence-electron chi connectivity index (χ1n) is 13.9. The summed E-state index contributed by atoms with van der Waals surface area (Å²) in [5, 5.41) is 2.78. The van der Waals surface area contributed by atoms with Gasteiger partial charge in [-0.3, -0.25) is 4.79 Å². The number of nitrogens with zero attached hydrogens (tertiary/aromatic N) is 1. The first-order valence-corrected chi connectivity index (χ1v) is 15.4. The van der Waals surface area contributed by atoms with Gasteiger partial charge in [0.1, 0.15) is 11.9 Å². The van der Waals surface area contributed by atoms with Gasteiger partial charge in [0, 0.05) is 30.3 Å². The number of benzene rings is 3. The minimum Gasteiger partial charge on any atom is -0.489 e. The Morgan fingerprint density at radius 2 is 1.61 bits per heavy atom. The summed E-state index contributed by atoms with van der Waals surface area (Å²) < 4.78 is 102. The van der Waals surface area contributed by atoms with Gasteiger partial charge >= 0.3 is 12.8 Å². The van der Waals surface area contributed by atoms with Crippen molar-refractivity contribution in [3.63, 3.8) is 0 Å². The van der Waals surface area contributed by atoms with E-state index in [1.165, 1.54) is 24.3 Å². The molecule has 2 fully saturated rings. The molecule has 1 saturated carbocycles. The lowest BCUT2D eigenvalue weighted by atomic mass is 10.1. The number of nitrogens with one attached hydrogen (secondary N) is 2. The van der Waals surface area contributed by atoms with Gasteiger partial charge in [-0.15, -0.1) is 0 Å². The van der Waals surface area contributed by atoms with Gasteiger partial charge in [0.15, 0.2) is 0 Å². The maximum absolute atomic E-state index is 12.9. The van der Waals surface area contributed by atoms with E-state index >= 15 is 0 Å². The van der Waals surface area contributed by atoms with Crippen LogP contribution in [0.25, 0.3) is 0 Å². The molecule has 1 amide bonds. The van der Waals surface area contributed by atoms with Gasteiger partial charge in [-0.2, -0.15) is 22.0 Å². The average Bonchev–Trinajstić information content (AvgIpc) is 3.70. The summed E-state index contributed by atoms with van der Waals surface area (Å²) in [6.07, 6.45) is -3.04. The Morgan fingerprint density at radius 1 is 0.955 bits per heavy atom. The van der Waals surface area contributed by atoms with Crippen molar-refractivity contribution in [2.45, 2.75) is 61.7 Å². The standard InChI is InChI=1S/C30H30F5N3O5S/c31-29(32)42-18-24-15-26(43-25-11-5-21(6-12-25)30(33,34)35)17-38(24)23-9-3-20(4-10-23)28(39)36-16-19-1-13-27(14-2-19)44(40,41)37-22-7-8-22/h1-6,9-14,22,24,26,29,37H,7-8,15-18H2,(H,36,39)/t24-,26-/m0/s1. The molecular formula is C30H30F5N3O5S. The Morgan fingerprint density at radius 3 is 2.20 bits per heavy atom. The fraction of sp³-hybridized carbons (Fsp3) is 0.367. The lowest BCUT2D eigenvalue weighted by molar-refractivity contribution is -0.137. The molecule has 5 rings (SSSR count). The molecule has 1 heterocycles. The van der Waals surface area contributed by atoms with E-state index in [0.29, 0.717) is 16.8 Å². The van der Waals surface area contributed by atoms with Crippen molar-refractivity contribution in [2.24, 2.45) is 0 Å². The zero-order valence-electron chi connectivity index (χ0n) is 23.3. The molecule has 1 aliphatic carbocycles. The molecule has 8 nitrogen and oxygen atoms in total. The number of carbonyl (C=O) groups excluding carboxylic acids is 1. The van der Waals surface area contributed by atoms with Crippen LogP contribution in [0.5, 0.6) is 5.75 Å². The fourth-order valence-electron chi connectivity index (χ4n) is 4.90. The molecular weight excluding hydrogens is 609 g/mol. The predicted molar refractivity (Wildman–Crippen MR) is 151 cm³/mol. The topological polar surface area (TPSA) is 97.0 Å². The summed E-state index contributed by atoms with van der Waals surface area (Å²) in [6.45, 7) is -2.85. The van der Waals surface area contributed by atoms with E-state index in [0.717, 1.165) is 25.0 Å². The Labute approximate surface area is 251 Å². The summed E-state index contributed by atoms with van der Waals surface area (Å²) >= 11 is 0. The highest BCUT2D eigenvalue weighted by molar-refractivity contribution is 7.89. The summed E-state index contributed by atoms with van der Waals surface area (Å²) in [4.78, 5) is 14.7. The van der Waals surface area contributed by atoms with E-state index in [1.54, 1.807) is 41.3 Å². The quantitative estimate of drug-likeness (QED) is 0.260. The average molecular weight is 640 g/mol. The molecule has 2 atom stereocenters. The van der Waals surface area contributed by atoms with E-state index in [-0.39, 0.29) is 48.7 Å². The van der Waals surface area contributed by atoms with E-state index < -0.39 is 40.5 Å². The molecule has 0 unspecified atom stereocenters. The Kier molecular flexibility index (Phi) is 9.42. The van der Waals surface area contributed by atoms with E-state index in [1.807, 2.05) is 0 Å². The minimum absolute atomic E-state index is 0.00450. The lowest BCUT2D eigenvalue weighted by Crippen LogP contribution is -2.34. The third-order valence-corrected chi connectivity index (χ3v) is 8.86. The highest BCUT2D eigenvalue weighted by atomic mass is 32.2. The summed E-state index contributed by atoms with van der Waals surface area (Å²) in [5.74, 6) is -0.150. The van der Waals surface area contributed by atoms with E-state index in [2.05, 4.69) is 14.8 Å². The number of rotatable bonds is 12. The molecule has 1 saturated heterocycles. The van der Waals surface area contributed by atoms with Crippen LogP contribution in [0.4, 0.5) is 27.6 Å². The third kappa shape index (κ3) is 8.24. The molecule has 3 aromatic carbocycles. The molecule has 0 bridgehead atoms. The van der Waals surface area contributed by atoms with Gasteiger partial charge in [0.25, 0.3) is 5.91 Å². The van der Waals surface area contributed by atoms with Gasteiger partial charge in [-0.1, -0.05) is 12.1 Å². The zero-order chi connectivity index (χ0) is 31.5. The molecule has 14 heteroatoms. The first kappa shape index (κ1) is 31.7. The molecule has 0 radical (unpaired) electrons. The highest BCUT2D eigenvalue weighted by Crippen LogP contribution is 2.32. The summed E-state index contributed by atoms with van der Waals surface area (Å²) in [6, 6.07) is 16.5. The largest absolute Gasteiger partial charge is 0.489 e. The molecule has 1 aliphatic heterocycles. The second kappa shape index (κ2) is 13.1. The minimum atomic E-state index is -4.48. The van der Waals surface area contributed by atoms with Crippen LogP contribution in [0.15, 0.2) is 77.7 Å². The number of ether oxygens (including phenoxy) is 2. The Balaban J connectivity index is 1.19. The fourth-order valence-corrected chi connectivity index (χ4v) is 6.20. The molecule has 2 N–H and O–H groups in total. The first-order chi connectivity index (χ1) is 20.9. The molecule has 44 heavy (non-hydrogen) atoms.